The van der Waals surface area contributed by atoms with E-state index >= 15 is 0 Å². The van der Waals surface area contributed by atoms with E-state index in [4.69, 9.17) is 9.47 Å². The number of sulfonamides is 1. The van der Waals surface area contributed by atoms with Gasteiger partial charge in [0.05, 0.1) is 7.11 Å². The first-order chi connectivity index (χ1) is 11.5. The molecule has 0 radical (unpaired) electrons. The summed E-state index contributed by atoms with van der Waals surface area (Å²) in [7, 11) is -1.90. The first-order valence-electron chi connectivity index (χ1n) is 7.59. The summed E-state index contributed by atoms with van der Waals surface area (Å²) in [6.07, 6.45) is 2.74. The number of piperidine rings is 1. The Labute approximate surface area is 145 Å². The predicted octanol–water partition coefficient (Wildman–Crippen LogP) is 2.09. The largest absolute Gasteiger partial charge is 0.474 e. The normalized spacial score (nSPS) is 16.9. The van der Waals surface area contributed by atoms with E-state index in [1.807, 2.05) is 13.0 Å². The van der Waals surface area contributed by atoms with E-state index in [1.165, 1.54) is 22.8 Å². The van der Waals surface area contributed by atoms with Crippen molar-refractivity contribution in [2.24, 2.45) is 0 Å². The summed E-state index contributed by atoms with van der Waals surface area (Å²) in [4.78, 5) is 9.04. The van der Waals surface area contributed by atoms with Crippen molar-refractivity contribution < 1.29 is 17.9 Å². The highest BCUT2D eigenvalue weighted by atomic mass is 32.2. The third-order valence-corrected chi connectivity index (χ3v) is 7.16. The van der Waals surface area contributed by atoms with Crippen LogP contribution in [-0.4, -0.2) is 49.0 Å². The molecule has 0 aromatic carbocycles. The van der Waals surface area contributed by atoms with Gasteiger partial charge >= 0.3 is 6.01 Å². The monoisotopic (exact) mass is 369 g/mol. The summed E-state index contributed by atoms with van der Waals surface area (Å²) in [5.41, 5.74) is 0. The standard InChI is InChI=1S/C15H19N3O4S2/c1-11-3-4-14(23-11)24(19,20)18-9-6-12(7-10-18)22-13-5-8-16-15(17-13)21-2/h3-5,8,12H,6-7,9-10H2,1-2H3. The molecule has 1 aliphatic heterocycles. The molecule has 0 saturated carbocycles. The van der Waals surface area contributed by atoms with Crippen LogP contribution in [0.4, 0.5) is 0 Å². The smallest absolute Gasteiger partial charge is 0.319 e. The summed E-state index contributed by atoms with van der Waals surface area (Å²) >= 11 is 1.30. The predicted molar refractivity (Wildman–Crippen MR) is 90.0 cm³/mol. The fraction of sp³-hybridized carbons (Fsp3) is 0.467. The number of nitrogens with zero attached hydrogens (tertiary/aromatic N) is 3. The van der Waals surface area contributed by atoms with E-state index in [-0.39, 0.29) is 12.1 Å². The number of thiophene rings is 1. The minimum atomic E-state index is -3.40. The second kappa shape index (κ2) is 7.04. The summed E-state index contributed by atoms with van der Waals surface area (Å²) in [6, 6.07) is 5.42. The van der Waals surface area contributed by atoms with E-state index in [1.54, 1.807) is 18.3 Å². The van der Waals surface area contributed by atoms with Crippen molar-refractivity contribution in [1.82, 2.24) is 14.3 Å². The van der Waals surface area contributed by atoms with Gasteiger partial charge in [0.1, 0.15) is 10.3 Å². The van der Waals surface area contributed by atoms with Crippen LogP contribution < -0.4 is 9.47 Å². The molecule has 0 atom stereocenters. The molecule has 0 bridgehead atoms. The molecule has 0 amide bonds. The van der Waals surface area contributed by atoms with Crippen LogP contribution in [0.2, 0.25) is 0 Å². The maximum absolute atomic E-state index is 12.6. The minimum absolute atomic E-state index is 0.0684. The number of methoxy groups -OCH3 is 1. The molecular formula is C15H19N3O4S2. The van der Waals surface area contributed by atoms with Gasteiger partial charge in [0.2, 0.25) is 5.88 Å². The van der Waals surface area contributed by atoms with Crippen LogP contribution in [0.5, 0.6) is 11.9 Å². The Morgan fingerprint density at radius 2 is 2.00 bits per heavy atom. The lowest BCUT2D eigenvalue weighted by Gasteiger charge is -2.30. The lowest BCUT2D eigenvalue weighted by Crippen LogP contribution is -2.41. The molecular weight excluding hydrogens is 350 g/mol. The molecule has 0 aliphatic carbocycles. The first-order valence-corrected chi connectivity index (χ1v) is 9.85. The van der Waals surface area contributed by atoms with Crippen molar-refractivity contribution in [3.05, 3.63) is 29.3 Å². The molecule has 1 saturated heterocycles. The van der Waals surface area contributed by atoms with Crippen LogP contribution >= 0.6 is 11.3 Å². The first kappa shape index (κ1) is 17.1. The summed E-state index contributed by atoms with van der Waals surface area (Å²) in [6.45, 7) is 2.78. The molecule has 0 N–H and O–H groups in total. The Morgan fingerprint density at radius 1 is 1.25 bits per heavy atom. The van der Waals surface area contributed by atoms with Gasteiger partial charge in [-0.15, -0.1) is 11.3 Å². The van der Waals surface area contributed by atoms with E-state index in [0.717, 1.165) is 4.88 Å². The van der Waals surface area contributed by atoms with Crippen molar-refractivity contribution in [3.63, 3.8) is 0 Å². The molecule has 1 aliphatic rings. The average molecular weight is 369 g/mol. The number of aromatic nitrogens is 2. The quantitative estimate of drug-likeness (QED) is 0.803. The van der Waals surface area contributed by atoms with Gasteiger partial charge in [-0.05, 0) is 31.9 Å². The van der Waals surface area contributed by atoms with Crippen molar-refractivity contribution in [3.8, 4) is 11.9 Å². The Balaban J connectivity index is 1.61. The number of hydrogen-bond acceptors (Lipinski definition) is 7. The fourth-order valence-electron chi connectivity index (χ4n) is 2.53. The molecule has 7 nitrogen and oxygen atoms in total. The molecule has 130 valence electrons. The molecule has 24 heavy (non-hydrogen) atoms. The molecule has 9 heteroatoms. The Kier molecular flexibility index (Phi) is 5.02. The molecule has 2 aromatic heterocycles. The second-order valence-electron chi connectivity index (χ2n) is 5.47. The maximum Gasteiger partial charge on any atom is 0.319 e. The van der Waals surface area contributed by atoms with Gasteiger partial charge in [0, 0.05) is 30.2 Å². The van der Waals surface area contributed by atoms with Crippen LogP contribution in [0.25, 0.3) is 0 Å². The van der Waals surface area contributed by atoms with Gasteiger partial charge < -0.3 is 9.47 Å². The molecule has 3 heterocycles. The average Bonchev–Trinajstić information content (AvgIpc) is 3.03. The van der Waals surface area contributed by atoms with Crippen LogP contribution in [0.3, 0.4) is 0 Å². The Hall–Kier alpha value is -1.71. The van der Waals surface area contributed by atoms with Gasteiger partial charge in [-0.1, -0.05) is 0 Å². The maximum atomic E-state index is 12.6. The molecule has 0 spiro atoms. The zero-order chi connectivity index (χ0) is 17.2. The number of aryl methyl sites for hydroxylation is 1. The van der Waals surface area contributed by atoms with Crippen LogP contribution in [0, 0.1) is 6.92 Å². The third-order valence-electron chi connectivity index (χ3n) is 3.79. The van der Waals surface area contributed by atoms with Crippen LogP contribution in [0.1, 0.15) is 17.7 Å². The Bertz CT molecular complexity index is 799. The lowest BCUT2D eigenvalue weighted by atomic mass is 10.1. The third kappa shape index (κ3) is 3.68. The van der Waals surface area contributed by atoms with Crippen molar-refractivity contribution in [1.29, 1.82) is 0 Å². The van der Waals surface area contributed by atoms with E-state index in [2.05, 4.69) is 9.97 Å². The molecule has 2 aromatic rings. The van der Waals surface area contributed by atoms with Gasteiger partial charge in [-0.3, -0.25) is 0 Å². The number of rotatable bonds is 5. The number of hydrogen-bond donors (Lipinski definition) is 0. The fourth-order valence-corrected chi connectivity index (χ4v) is 5.44. The van der Waals surface area contributed by atoms with Crippen LogP contribution in [-0.2, 0) is 10.0 Å². The summed E-state index contributed by atoms with van der Waals surface area (Å²) < 4.78 is 37.9. The highest BCUT2D eigenvalue weighted by Gasteiger charge is 2.31. The topological polar surface area (TPSA) is 81.6 Å². The molecule has 0 unspecified atom stereocenters. The zero-order valence-corrected chi connectivity index (χ0v) is 15.1. The highest BCUT2D eigenvalue weighted by Crippen LogP contribution is 2.27. The number of ether oxygens (including phenoxy) is 2. The SMILES string of the molecule is COc1nccc(OC2CCN(S(=O)(=O)c3ccc(C)s3)CC2)n1. The van der Waals surface area contributed by atoms with Crippen molar-refractivity contribution >= 4 is 21.4 Å². The van der Waals surface area contributed by atoms with E-state index in [9.17, 15) is 8.42 Å². The van der Waals surface area contributed by atoms with E-state index in [0.29, 0.717) is 36.0 Å². The molecule has 1 fully saturated rings. The second-order valence-corrected chi connectivity index (χ2v) is 8.92. The Morgan fingerprint density at radius 3 is 2.62 bits per heavy atom. The van der Waals surface area contributed by atoms with Gasteiger partial charge in [-0.2, -0.15) is 9.29 Å². The van der Waals surface area contributed by atoms with Crippen LogP contribution in [0.15, 0.2) is 28.6 Å². The van der Waals surface area contributed by atoms with Crippen molar-refractivity contribution in [2.75, 3.05) is 20.2 Å². The summed E-state index contributed by atoms with van der Waals surface area (Å²) in [5.74, 6) is 0.442. The lowest BCUT2D eigenvalue weighted by molar-refractivity contribution is 0.128. The minimum Gasteiger partial charge on any atom is -0.474 e. The van der Waals surface area contributed by atoms with Gasteiger partial charge in [-0.25, -0.2) is 13.4 Å². The summed E-state index contributed by atoms with van der Waals surface area (Å²) in [5, 5.41) is 0. The highest BCUT2D eigenvalue weighted by molar-refractivity contribution is 7.91. The van der Waals surface area contributed by atoms with Crippen molar-refractivity contribution in [2.45, 2.75) is 30.1 Å². The molecule has 3 rings (SSSR count). The van der Waals surface area contributed by atoms with Gasteiger partial charge in [0.25, 0.3) is 10.0 Å². The zero-order valence-electron chi connectivity index (χ0n) is 13.5. The van der Waals surface area contributed by atoms with Gasteiger partial charge in [0.15, 0.2) is 0 Å². The van der Waals surface area contributed by atoms with E-state index < -0.39 is 10.0 Å².